The van der Waals surface area contributed by atoms with E-state index in [-0.39, 0.29) is 5.56 Å². The van der Waals surface area contributed by atoms with Gasteiger partial charge in [0.15, 0.2) is 0 Å². The number of hydrogen-bond acceptors (Lipinski definition) is 5. The van der Waals surface area contributed by atoms with Crippen LogP contribution in [0.1, 0.15) is 10.4 Å². The van der Waals surface area contributed by atoms with Gasteiger partial charge < -0.3 is 14.0 Å². The third-order valence-corrected chi connectivity index (χ3v) is 2.34. The Bertz CT molecular complexity index is 533. The molecule has 0 N–H and O–H groups in total. The topological polar surface area (TPSA) is 61.6 Å². The Morgan fingerprint density at radius 3 is 2.76 bits per heavy atom. The molecule has 0 bridgehead atoms. The first-order chi connectivity index (χ1) is 8.27. The Balaban J connectivity index is 2.53. The van der Waals surface area contributed by atoms with Crippen molar-refractivity contribution in [2.75, 3.05) is 14.2 Å². The van der Waals surface area contributed by atoms with Crippen molar-refractivity contribution in [3.63, 3.8) is 0 Å². The molecule has 0 amide bonds. The van der Waals surface area contributed by atoms with Crippen molar-refractivity contribution in [2.24, 2.45) is 0 Å². The van der Waals surface area contributed by atoms with Gasteiger partial charge in [0, 0.05) is 5.56 Å². The lowest BCUT2D eigenvalue weighted by atomic mass is 10.1. The van der Waals surface area contributed by atoms with Gasteiger partial charge in [0.25, 0.3) is 0 Å². The van der Waals surface area contributed by atoms with Gasteiger partial charge in [0.05, 0.1) is 14.2 Å². The number of ether oxygens (including phenoxy) is 2. The molecular formula is C12H11NO4. The van der Waals surface area contributed by atoms with Gasteiger partial charge in [-0.25, -0.2) is 4.79 Å². The first-order valence-electron chi connectivity index (χ1n) is 4.94. The molecule has 0 spiro atoms. The first-order valence-corrected chi connectivity index (χ1v) is 4.94. The number of esters is 1. The monoisotopic (exact) mass is 233 g/mol. The van der Waals surface area contributed by atoms with Crippen LogP contribution in [0.2, 0.25) is 0 Å². The number of hydrogen-bond donors (Lipinski definition) is 0. The zero-order chi connectivity index (χ0) is 12.3. The number of para-hydroxylation sites is 1. The Hall–Kier alpha value is -2.30. The van der Waals surface area contributed by atoms with E-state index < -0.39 is 5.97 Å². The summed E-state index contributed by atoms with van der Waals surface area (Å²) in [5.41, 5.74) is 1.37. The van der Waals surface area contributed by atoms with E-state index in [0.29, 0.717) is 17.0 Å². The van der Waals surface area contributed by atoms with Crippen molar-refractivity contribution >= 4 is 5.97 Å². The van der Waals surface area contributed by atoms with E-state index in [1.807, 2.05) is 12.1 Å². The molecule has 0 radical (unpaired) electrons. The second kappa shape index (κ2) is 4.69. The molecule has 0 aliphatic carbocycles. The quantitative estimate of drug-likeness (QED) is 0.760. The molecule has 0 aliphatic heterocycles. The van der Waals surface area contributed by atoms with Crippen LogP contribution >= 0.6 is 0 Å². The fourth-order valence-corrected chi connectivity index (χ4v) is 1.53. The molecule has 1 aromatic carbocycles. The molecule has 0 saturated carbocycles. The molecular weight excluding hydrogens is 222 g/mol. The Morgan fingerprint density at radius 1 is 1.29 bits per heavy atom. The van der Waals surface area contributed by atoms with E-state index in [2.05, 4.69) is 9.89 Å². The molecule has 2 aromatic rings. The highest BCUT2D eigenvalue weighted by Crippen LogP contribution is 2.31. The van der Waals surface area contributed by atoms with Crippen LogP contribution in [0.15, 0.2) is 35.1 Å². The summed E-state index contributed by atoms with van der Waals surface area (Å²) in [6.45, 7) is 0. The third-order valence-electron chi connectivity index (χ3n) is 2.34. The maximum atomic E-state index is 11.5. The molecule has 1 heterocycles. The predicted octanol–water partition coefficient (Wildman–Crippen LogP) is 2.14. The van der Waals surface area contributed by atoms with Crippen LogP contribution in [0.3, 0.4) is 0 Å². The van der Waals surface area contributed by atoms with E-state index in [4.69, 9.17) is 9.26 Å². The first kappa shape index (κ1) is 11.2. The highest BCUT2D eigenvalue weighted by atomic mass is 16.5. The van der Waals surface area contributed by atoms with Crippen molar-refractivity contribution in [3.8, 4) is 17.0 Å². The van der Waals surface area contributed by atoms with Crippen LogP contribution in [-0.4, -0.2) is 25.3 Å². The highest BCUT2D eigenvalue weighted by Gasteiger charge is 2.20. The Labute approximate surface area is 97.9 Å². The van der Waals surface area contributed by atoms with Crippen LogP contribution in [0, 0.1) is 0 Å². The molecule has 0 unspecified atom stereocenters. The highest BCUT2D eigenvalue weighted by molar-refractivity contribution is 5.96. The van der Waals surface area contributed by atoms with Gasteiger partial charge in [-0.1, -0.05) is 17.3 Å². The molecule has 0 saturated heterocycles. The molecule has 0 fully saturated rings. The lowest BCUT2D eigenvalue weighted by Crippen LogP contribution is -2.02. The maximum absolute atomic E-state index is 11.5. The summed E-state index contributed by atoms with van der Waals surface area (Å²) in [6.07, 6.45) is 1.26. The van der Waals surface area contributed by atoms with Crippen molar-refractivity contribution in [1.29, 1.82) is 0 Å². The summed E-state index contributed by atoms with van der Waals surface area (Å²) in [6, 6.07) is 7.24. The minimum absolute atomic E-state index is 0.275. The van der Waals surface area contributed by atoms with E-state index >= 15 is 0 Å². The molecule has 0 atom stereocenters. The lowest BCUT2D eigenvalue weighted by molar-refractivity contribution is 0.0600. The van der Waals surface area contributed by atoms with Crippen LogP contribution in [-0.2, 0) is 4.74 Å². The zero-order valence-corrected chi connectivity index (χ0v) is 9.47. The van der Waals surface area contributed by atoms with Gasteiger partial charge in [-0.05, 0) is 12.1 Å². The van der Waals surface area contributed by atoms with Crippen LogP contribution in [0.4, 0.5) is 0 Å². The standard InChI is InChI=1S/C12H11NO4/c1-15-10-6-4-3-5-8(10)11-9(7-17-13-11)12(14)16-2/h3-7H,1-2H3. The molecule has 88 valence electrons. The van der Waals surface area contributed by atoms with Gasteiger partial charge in [0.1, 0.15) is 23.3 Å². The molecule has 0 aliphatic rings. The van der Waals surface area contributed by atoms with E-state index in [1.165, 1.54) is 13.4 Å². The summed E-state index contributed by atoms with van der Waals surface area (Å²) in [7, 11) is 2.86. The van der Waals surface area contributed by atoms with Crippen molar-refractivity contribution < 1.29 is 18.8 Å². The third kappa shape index (κ3) is 1.99. The smallest absolute Gasteiger partial charge is 0.343 e. The Kier molecular flexibility index (Phi) is 3.09. The predicted molar refractivity (Wildman–Crippen MR) is 59.8 cm³/mol. The number of nitrogens with zero attached hydrogens (tertiary/aromatic N) is 1. The van der Waals surface area contributed by atoms with Crippen molar-refractivity contribution in [3.05, 3.63) is 36.1 Å². The summed E-state index contributed by atoms with van der Waals surface area (Å²) < 4.78 is 14.7. The minimum atomic E-state index is -0.493. The number of carbonyl (C=O) groups is 1. The van der Waals surface area contributed by atoms with E-state index in [0.717, 1.165) is 0 Å². The second-order valence-electron chi connectivity index (χ2n) is 3.27. The molecule has 5 nitrogen and oxygen atoms in total. The minimum Gasteiger partial charge on any atom is -0.496 e. The number of aromatic nitrogens is 1. The maximum Gasteiger partial charge on any atom is 0.343 e. The number of rotatable bonds is 3. The summed E-state index contributed by atoms with van der Waals surface area (Å²) in [5, 5.41) is 3.81. The average molecular weight is 233 g/mol. The second-order valence-corrected chi connectivity index (χ2v) is 3.27. The van der Waals surface area contributed by atoms with Crippen LogP contribution < -0.4 is 4.74 Å². The Morgan fingerprint density at radius 2 is 2.06 bits per heavy atom. The lowest BCUT2D eigenvalue weighted by Gasteiger charge is -2.05. The largest absolute Gasteiger partial charge is 0.496 e. The number of methoxy groups -OCH3 is 2. The van der Waals surface area contributed by atoms with Gasteiger partial charge in [-0.3, -0.25) is 0 Å². The molecule has 17 heavy (non-hydrogen) atoms. The fourth-order valence-electron chi connectivity index (χ4n) is 1.53. The average Bonchev–Trinajstić information content (AvgIpc) is 2.86. The zero-order valence-electron chi connectivity index (χ0n) is 9.47. The van der Waals surface area contributed by atoms with Gasteiger partial charge in [0.2, 0.25) is 0 Å². The van der Waals surface area contributed by atoms with Gasteiger partial charge in [-0.2, -0.15) is 0 Å². The van der Waals surface area contributed by atoms with E-state index in [1.54, 1.807) is 19.2 Å². The van der Waals surface area contributed by atoms with Gasteiger partial charge >= 0.3 is 5.97 Å². The normalized spacial score (nSPS) is 10.0. The SMILES string of the molecule is COC(=O)c1conc1-c1ccccc1OC. The number of carbonyl (C=O) groups excluding carboxylic acids is 1. The van der Waals surface area contributed by atoms with Crippen molar-refractivity contribution in [2.45, 2.75) is 0 Å². The van der Waals surface area contributed by atoms with Crippen molar-refractivity contribution in [1.82, 2.24) is 5.16 Å². The van der Waals surface area contributed by atoms with Crippen LogP contribution in [0.25, 0.3) is 11.3 Å². The number of benzene rings is 1. The summed E-state index contributed by atoms with van der Waals surface area (Å²) in [5.74, 6) is 0.124. The van der Waals surface area contributed by atoms with E-state index in [9.17, 15) is 4.79 Å². The fraction of sp³-hybridized carbons (Fsp3) is 0.167. The summed E-state index contributed by atoms with van der Waals surface area (Å²) >= 11 is 0. The van der Waals surface area contributed by atoms with Gasteiger partial charge in [-0.15, -0.1) is 0 Å². The molecule has 2 rings (SSSR count). The van der Waals surface area contributed by atoms with Crippen LogP contribution in [0.5, 0.6) is 5.75 Å². The molecule has 5 heteroatoms. The summed E-state index contributed by atoms with van der Waals surface area (Å²) in [4.78, 5) is 11.5. The molecule has 1 aromatic heterocycles.